The minimum Gasteiger partial charge on any atom is -0.303 e. The summed E-state index contributed by atoms with van der Waals surface area (Å²) < 4.78 is 0. The van der Waals surface area contributed by atoms with Crippen LogP contribution in [-0.4, -0.2) is 54.1 Å². The highest BCUT2D eigenvalue weighted by atomic mass is 15.1. The van der Waals surface area contributed by atoms with Crippen molar-refractivity contribution >= 4 is 0 Å². The topological polar surface area (TPSA) is 19.4 Å². The number of aromatic nitrogens is 1. The molecule has 0 saturated carbocycles. The third-order valence-corrected chi connectivity index (χ3v) is 12.3. The molecule has 0 fully saturated rings. The van der Waals surface area contributed by atoms with Crippen molar-refractivity contribution in [2.75, 3.05) is 39.3 Å². The molecule has 1 rings (SSSR count). The summed E-state index contributed by atoms with van der Waals surface area (Å²) in [5.41, 5.74) is 0. The molecule has 3 heteroatoms. The van der Waals surface area contributed by atoms with Crippen molar-refractivity contribution in [1.29, 1.82) is 0 Å². The second-order valence-electron chi connectivity index (χ2n) is 18.2. The van der Waals surface area contributed by atoms with Gasteiger partial charge in [0.2, 0.25) is 0 Å². The molecular weight excluding hydrogens is 703 g/mol. The zero-order valence-electron chi connectivity index (χ0n) is 40.6. The average molecular weight is 808 g/mol. The van der Waals surface area contributed by atoms with E-state index in [2.05, 4.69) is 80.6 Å². The van der Waals surface area contributed by atoms with Crippen molar-refractivity contribution < 1.29 is 0 Å². The molecule has 1 heterocycles. The lowest BCUT2D eigenvalue weighted by molar-refractivity contribution is 0.203. The van der Waals surface area contributed by atoms with Crippen molar-refractivity contribution in [1.82, 2.24) is 14.8 Å². The second kappa shape index (κ2) is 48.2. The van der Waals surface area contributed by atoms with Gasteiger partial charge in [0.05, 0.1) is 0 Å². The quantitative estimate of drug-likeness (QED) is 0.0484. The molecule has 0 radical (unpaired) electrons. The maximum Gasteiger partial charge on any atom is 0.0267 e. The Balaban J connectivity index is 0.00000491. The number of unbranched alkanes of at least 4 members (excludes halogenated alkanes) is 25. The summed E-state index contributed by atoms with van der Waals surface area (Å²) in [7, 11) is 0. The van der Waals surface area contributed by atoms with Crippen LogP contribution in [0.15, 0.2) is 54.9 Å². The van der Waals surface area contributed by atoms with E-state index < -0.39 is 0 Å². The summed E-state index contributed by atoms with van der Waals surface area (Å²) in [6.07, 6.45) is 57.8. The zero-order valence-corrected chi connectivity index (χ0v) is 40.6. The molecule has 0 N–H and O–H groups in total. The van der Waals surface area contributed by atoms with Gasteiger partial charge < -0.3 is 9.80 Å². The molecule has 58 heavy (non-hydrogen) atoms. The summed E-state index contributed by atoms with van der Waals surface area (Å²) in [6.45, 7) is 22.1. The van der Waals surface area contributed by atoms with Gasteiger partial charge in [-0.2, -0.15) is 0 Å². The van der Waals surface area contributed by atoms with Gasteiger partial charge in [0.1, 0.15) is 0 Å². The van der Waals surface area contributed by atoms with Crippen LogP contribution in [0.5, 0.6) is 0 Å². The molecule has 0 aliphatic heterocycles. The molecule has 3 nitrogen and oxygen atoms in total. The monoisotopic (exact) mass is 808 g/mol. The van der Waals surface area contributed by atoms with Crippen LogP contribution in [0.25, 0.3) is 0 Å². The van der Waals surface area contributed by atoms with Crippen LogP contribution in [0.4, 0.5) is 0 Å². The van der Waals surface area contributed by atoms with E-state index in [1.807, 2.05) is 18.2 Å². The summed E-state index contributed by atoms with van der Waals surface area (Å²) >= 11 is 0. The van der Waals surface area contributed by atoms with Crippen molar-refractivity contribution in [3.05, 3.63) is 54.9 Å². The van der Waals surface area contributed by atoms with Gasteiger partial charge in [-0.1, -0.05) is 200 Å². The maximum absolute atomic E-state index is 3.78. The Bertz CT molecular complexity index is 842. The van der Waals surface area contributed by atoms with E-state index in [4.69, 9.17) is 0 Å². The maximum atomic E-state index is 3.78. The average Bonchev–Trinajstić information content (AvgIpc) is 3.25. The van der Waals surface area contributed by atoms with Gasteiger partial charge in [-0.25, -0.2) is 0 Å². The molecule has 2 unspecified atom stereocenters. The Morgan fingerprint density at radius 2 is 0.638 bits per heavy atom. The van der Waals surface area contributed by atoms with E-state index in [9.17, 15) is 0 Å². The molecule has 0 aliphatic carbocycles. The van der Waals surface area contributed by atoms with Gasteiger partial charge in [-0.3, -0.25) is 4.98 Å². The Morgan fingerprint density at radius 3 is 0.897 bits per heavy atom. The molecule has 0 bridgehead atoms. The van der Waals surface area contributed by atoms with E-state index in [1.54, 1.807) is 12.4 Å². The van der Waals surface area contributed by atoms with E-state index in [0.717, 1.165) is 11.8 Å². The van der Waals surface area contributed by atoms with E-state index in [1.165, 1.54) is 245 Å². The Labute approximate surface area is 366 Å². The number of hydrogen-bond donors (Lipinski definition) is 0. The van der Waals surface area contributed by atoms with E-state index >= 15 is 0 Å². The SMILES string of the molecule is CCCCCCCC/C=C\CCCCCCCCN(CCCCN(CCCCCCCC/C=C\CCCCCCCC)CC(C)CC)CC(C)CC.c1ccncc1. The smallest absolute Gasteiger partial charge is 0.0267 e. The Hall–Kier alpha value is -1.45. The first-order valence-electron chi connectivity index (χ1n) is 26.2. The minimum absolute atomic E-state index is 0.822. The number of hydrogen-bond acceptors (Lipinski definition) is 3. The first-order chi connectivity index (χ1) is 28.6. The van der Waals surface area contributed by atoms with Crippen molar-refractivity contribution in [2.24, 2.45) is 11.8 Å². The van der Waals surface area contributed by atoms with Crippen LogP contribution >= 0.6 is 0 Å². The lowest BCUT2D eigenvalue weighted by Gasteiger charge is -2.27. The van der Waals surface area contributed by atoms with Crippen LogP contribution in [0.1, 0.15) is 247 Å². The van der Waals surface area contributed by atoms with Gasteiger partial charge in [-0.15, -0.1) is 0 Å². The normalized spacial score (nSPS) is 12.9. The van der Waals surface area contributed by atoms with Crippen LogP contribution in [-0.2, 0) is 0 Å². The highest BCUT2D eigenvalue weighted by molar-refractivity contribution is 4.88. The van der Waals surface area contributed by atoms with Crippen molar-refractivity contribution in [3.8, 4) is 0 Å². The van der Waals surface area contributed by atoms with Gasteiger partial charge in [0.25, 0.3) is 0 Å². The summed E-state index contributed by atoms with van der Waals surface area (Å²) in [5.74, 6) is 1.64. The summed E-state index contributed by atoms with van der Waals surface area (Å²) in [6, 6.07) is 5.72. The fourth-order valence-electron chi connectivity index (χ4n) is 7.88. The van der Waals surface area contributed by atoms with Crippen LogP contribution in [0.2, 0.25) is 0 Å². The Morgan fingerprint density at radius 1 is 0.362 bits per heavy atom. The summed E-state index contributed by atoms with van der Waals surface area (Å²) in [4.78, 5) is 9.44. The molecule has 0 aromatic carbocycles. The standard InChI is InChI=1S/C50H100N2.C5H5N/c1-7-11-13-15-17-19-21-23-25-27-29-31-33-35-37-39-43-51(47-49(5)9-3)45-41-42-46-52(48-50(6)10-4)44-40-38-36-34-32-30-28-26-24-22-20-18-16-14-12-8-2;1-2-4-6-5-3-1/h23-26,49-50H,7-22,27-48H2,1-6H3;1-5H/b25-23-,26-24-;. The molecule has 0 aliphatic rings. The lowest BCUT2D eigenvalue weighted by atomic mass is 10.1. The molecule has 1 aromatic rings. The first-order valence-corrected chi connectivity index (χ1v) is 26.2. The fourth-order valence-corrected chi connectivity index (χ4v) is 7.88. The minimum atomic E-state index is 0.822. The third-order valence-electron chi connectivity index (χ3n) is 12.3. The van der Waals surface area contributed by atoms with Gasteiger partial charge in [0.15, 0.2) is 0 Å². The third kappa shape index (κ3) is 44.1. The largest absolute Gasteiger partial charge is 0.303 e. The van der Waals surface area contributed by atoms with Crippen LogP contribution in [0, 0.1) is 11.8 Å². The molecule has 2 atom stereocenters. The predicted octanol–water partition coefficient (Wildman–Crippen LogP) is 17.6. The van der Waals surface area contributed by atoms with Gasteiger partial charge >= 0.3 is 0 Å². The van der Waals surface area contributed by atoms with E-state index in [-0.39, 0.29) is 0 Å². The van der Waals surface area contributed by atoms with E-state index in [0.29, 0.717) is 0 Å². The first kappa shape index (κ1) is 56.5. The number of rotatable bonds is 43. The fraction of sp³-hybridized carbons (Fsp3) is 0.836. The molecular formula is C55H105N3. The lowest BCUT2D eigenvalue weighted by Crippen LogP contribution is -2.33. The predicted molar refractivity (Wildman–Crippen MR) is 264 cm³/mol. The molecule has 0 amide bonds. The highest BCUT2D eigenvalue weighted by Crippen LogP contribution is 2.15. The van der Waals surface area contributed by atoms with Gasteiger partial charge in [0, 0.05) is 25.5 Å². The van der Waals surface area contributed by atoms with Crippen LogP contribution < -0.4 is 0 Å². The number of pyridine rings is 1. The summed E-state index contributed by atoms with van der Waals surface area (Å²) in [5, 5.41) is 0. The molecule has 0 saturated heterocycles. The van der Waals surface area contributed by atoms with Crippen molar-refractivity contribution in [2.45, 2.75) is 247 Å². The van der Waals surface area contributed by atoms with Gasteiger partial charge in [-0.05, 0) is 127 Å². The van der Waals surface area contributed by atoms with Crippen molar-refractivity contribution in [3.63, 3.8) is 0 Å². The molecule has 340 valence electrons. The second-order valence-corrected chi connectivity index (χ2v) is 18.2. The zero-order chi connectivity index (χ0) is 42.3. The van der Waals surface area contributed by atoms with Crippen LogP contribution in [0.3, 0.4) is 0 Å². The number of nitrogens with zero attached hydrogens (tertiary/aromatic N) is 3. The number of allylic oxidation sites excluding steroid dienone is 4. The molecule has 1 aromatic heterocycles. The molecule has 0 spiro atoms. The highest BCUT2D eigenvalue weighted by Gasteiger charge is 2.12. The Kier molecular flexibility index (Phi) is 47.0.